The largest absolute Gasteiger partial charge is 1.00 e. The summed E-state index contributed by atoms with van der Waals surface area (Å²) in [7, 11) is -2.38. The van der Waals surface area contributed by atoms with E-state index in [2.05, 4.69) is 4.52 Å². The molecule has 1 N–H and O–H groups in total. The van der Waals surface area contributed by atoms with Crippen molar-refractivity contribution < 1.29 is 48.6 Å². The minimum atomic E-state index is -3.49. The zero-order valence-corrected chi connectivity index (χ0v) is 8.43. The van der Waals surface area contributed by atoms with Crippen LogP contribution in [0.3, 0.4) is 0 Å². The van der Waals surface area contributed by atoms with Crippen molar-refractivity contribution in [2.24, 2.45) is 0 Å². The van der Waals surface area contributed by atoms with Gasteiger partial charge in [-0.25, -0.2) is 0 Å². The monoisotopic (exact) mass is 162 g/mol. The molecule has 4 nitrogen and oxygen atoms in total. The van der Waals surface area contributed by atoms with Gasteiger partial charge in [-0.15, -0.1) is 6.61 Å². The van der Waals surface area contributed by atoms with Crippen LogP contribution < -0.4 is 34.7 Å². The first-order valence-corrected chi connectivity index (χ1v) is 3.84. The summed E-state index contributed by atoms with van der Waals surface area (Å²) < 4.78 is 14.4. The molecule has 1 unspecified atom stereocenters. The van der Waals surface area contributed by atoms with Gasteiger partial charge in [0.1, 0.15) is 0 Å². The molecule has 0 spiro atoms. The van der Waals surface area contributed by atoms with Crippen molar-refractivity contribution in [2.75, 3.05) is 19.9 Å². The summed E-state index contributed by atoms with van der Waals surface area (Å²) in [4.78, 5) is 8.46. The molecule has 0 aromatic carbocycles. The Morgan fingerprint density at radius 1 is 1.78 bits per heavy atom. The smallest absolute Gasteiger partial charge is 0.854 e. The van der Waals surface area contributed by atoms with Gasteiger partial charge in [-0.2, -0.15) is 0 Å². The first kappa shape index (κ1) is 12.8. The summed E-state index contributed by atoms with van der Waals surface area (Å²) in [6.45, 7) is -0.568. The minimum absolute atomic E-state index is 0. The third-order valence-electron chi connectivity index (χ3n) is 0.659. The summed E-state index contributed by atoms with van der Waals surface area (Å²) in [5.74, 6) is 0. The van der Waals surface area contributed by atoms with Crippen LogP contribution in [0, 0.1) is 0 Å². The molecule has 0 aromatic heterocycles. The molecule has 0 aromatic rings. The first-order valence-electron chi connectivity index (χ1n) is 2.08. The number of hydrogen-bond donors (Lipinski definition) is 1. The van der Waals surface area contributed by atoms with Crippen molar-refractivity contribution in [1.82, 2.24) is 0 Å². The second kappa shape index (κ2) is 5.86. The van der Waals surface area contributed by atoms with Gasteiger partial charge in [-0.3, -0.25) is 4.57 Å². The Morgan fingerprint density at radius 2 is 2.22 bits per heavy atom. The van der Waals surface area contributed by atoms with Crippen LogP contribution in [0.15, 0.2) is 0 Å². The van der Waals surface area contributed by atoms with Gasteiger partial charge < -0.3 is 14.5 Å². The van der Waals surface area contributed by atoms with Crippen molar-refractivity contribution in [3.63, 3.8) is 0 Å². The predicted molar refractivity (Wildman–Crippen MR) is 26.6 cm³/mol. The van der Waals surface area contributed by atoms with Crippen LogP contribution in [0.1, 0.15) is 0 Å². The van der Waals surface area contributed by atoms with Crippen LogP contribution in [-0.2, 0) is 9.09 Å². The van der Waals surface area contributed by atoms with Gasteiger partial charge in [0, 0.05) is 13.3 Å². The molecule has 0 aliphatic heterocycles. The number of hydrogen-bond acceptors (Lipinski definition) is 3. The first-order chi connectivity index (χ1) is 3.62. The fourth-order valence-corrected chi connectivity index (χ4v) is 0.620. The van der Waals surface area contributed by atoms with Crippen LogP contribution in [0.4, 0.5) is 0 Å². The Balaban J connectivity index is 0. The maximum absolute atomic E-state index is 10.3. The van der Waals surface area contributed by atoms with Gasteiger partial charge in [0.25, 0.3) is 0 Å². The van der Waals surface area contributed by atoms with Crippen LogP contribution in [0.5, 0.6) is 0 Å². The average Bonchev–Trinajstić information content (AvgIpc) is 1.67. The molecular weight excluding hydrogens is 154 g/mol. The summed E-state index contributed by atoms with van der Waals surface area (Å²) in [6, 6.07) is 0. The molecule has 0 fully saturated rings. The molecule has 0 saturated carbocycles. The van der Waals surface area contributed by atoms with Gasteiger partial charge >= 0.3 is 37.2 Å². The molecule has 6 heteroatoms. The summed E-state index contributed by atoms with van der Waals surface area (Å²) >= 11 is 0. The van der Waals surface area contributed by atoms with Crippen molar-refractivity contribution in [2.45, 2.75) is 0 Å². The Morgan fingerprint density at radius 3 is 2.33 bits per heavy atom. The van der Waals surface area contributed by atoms with Gasteiger partial charge in [-0.1, -0.05) is 0 Å². The van der Waals surface area contributed by atoms with Crippen molar-refractivity contribution in [1.29, 1.82) is 0 Å². The van der Waals surface area contributed by atoms with Crippen LogP contribution in [0.25, 0.3) is 0 Å². The molecule has 0 aliphatic carbocycles. The Hall–Kier alpha value is 1.11. The second-order valence-corrected chi connectivity index (χ2v) is 3.34. The standard InChI is InChI=1S/C3H8O4P.Na/c1-7-8(5,6)3-2-4;/h2-3H2,1H3,(H,5,6);/q-1;+1. The van der Waals surface area contributed by atoms with Crippen molar-refractivity contribution in [3.05, 3.63) is 0 Å². The molecule has 50 valence electrons. The van der Waals surface area contributed by atoms with Gasteiger partial charge in [0.05, 0.1) is 0 Å². The molecule has 0 heterocycles. The summed E-state index contributed by atoms with van der Waals surface area (Å²) in [5, 5.41) is 9.69. The Bertz CT molecular complexity index is 106. The van der Waals surface area contributed by atoms with E-state index in [1.54, 1.807) is 0 Å². The molecule has 9 heavy (non-hydrogen) atoms. The maximum atomic E-state index is 10.3. The van der Waals surface area contributed by atoms with E-state index >= 15 is 0 Å². The second-order valence-electron chi connectivity index (χ2n) is 1.25. The topological polar surface area (TPSA) is 69.6 Å². The van der Waals surface area contributed by atoms with E-state index in [9.17, 15) is 9.67 Å². The quantitative estimate of drug-likeness (QED) is 0.341. The van der Waals surface area contributed by atoms with E-state index in [1.807, 2.05) is 0 Å². The third kappa shape index (κ3) is 7.00. The average molecular weight is 162 g/mol. The third-order valence-corrected chi connectivity index (χ3v) is 1.98. The molecule has 0 aliphatic rings. The van der Waals surface area contributed by atoms with Crippen LogP contribution in [-0.4, -0.2) is 24.8 Å². The van der Waals surface area contributed by atoms with Gasteiger partial charge in [0.15, 0.2) is 0 Å². The van der Waals surface area contributed by atoms with E-state index in [4.69, 9.17) is 4.89 Å². The minimum Gasteiger partial charge on any atom is -0.854 e. The fourth-order valence-electron chi connectivity index (χ4n) is 0.207. The van der Waals surface area contributed by atoms with Crippen molar-refractivity contribution >= 4 is 7.60 Å². The fraction of sp³-hybridized carbons (Fsp3) is 1.00. The SMILES string of the molecule is COP(=O)(O)CC[O-].[Na+]. The molecule has 0 radical (unpaired) electrons. The molecule has 1 atom stereocenters. The van der Waals surface area contributed by atoms with Crippen LogP contribution in [0.2, 0.25) is 0 Å². The molecule has 0 bridgehead atoms. The molecule has 0 saturated heterocycles. The van der Waals surface area contributed by atoms with E-state index in [0.717, 1.165) is 7.11 Å². The Kier molecular flexibility index (Phi) is 8.31. The number of rotatable bonds is 3. The van der Waals surface area contributed by atoms with E-state index in [-0.39, 0.29) is 35.7 Å². The predicted octanol–water partition coefficient (Wildman–Crippen LogP) is -3.82. The maximum Gasteiger partial charge on any atom is 1.00 e. The summed E-state index contributed by atoms with van der Waals surface area (Å²) in [6.07, 6.45) is -0.302. The zero-order valence-electron chi connectivity index (χ0n) is 5.53. The Labute approximate surface area is 76.0 Å². The molecule has 0 rings (SSSR count). The van der Waals surface area contributed by atoms with Gasteiger partial charge in [0.2, 0.25) is 0 Å². The summed E-state index contributed by atoms with van der Waals surface area (Å²) in [5.41, 5.74) is 0. The zero-order chi connectivity index (χ0) is 6.62. The molecular formula is C3H8NaO4P. The van der Waals surface area contributed by atoms with E-state index < -0.39 is 14.2 Å². The molecule has 0 amide bonds. The van der Waals surface area contributed by atoms with Gasteiger partial charge in [-0.05, 0) is 0 Å². The normalized spacial score (nSPS) is 15.9. The van der Waals surface area contributed by atoms with Crippen molar-refractivity contribution in [3.8, 4) is 0 Å². The van der Waals surface area contributed by atoms with E-state index in [0.29, 0.717) is 0 Å². The van der Waals surface area contributed by atoms with Crippen LogP contribution >= 0.6 is 7.60 Å². The van der Waals surface area contributed by atoms with E-state index in [1.165, 1.54) is 0 Å².